The fourth-order valence-corrected chi connectivity index (χ4v) is 2.40. The maximum atomic E-state index is 10.4. The third kappa shape index (κ3) is 4.08. The number of nitrogens with zero attached hydrogens (tertiary/aromatic N) is 2. The zero-order valence-corrected chi connectivity index (χ0v) is 11.2. The number of hydrogen-bond acceptors (Lipinski definition) is 4. The molecule has 5 heteroatoms. The molecule has 0 aliphatic carbocycles. The van der Waals surface area contributed by atoms with Crippen molar-refractivity contribution in [3.8, 4) is 0 Å². The summed E-state index contributed by atoms with van der Waals surface area (Å²) in [4.78, 5) is 0. The summed E-state index contributed by atoms with van der Waals surface area (Å²) in [5.74, 6) is 0. The zero-order valence-electron chi connectivity index (χ0n) is 11.2. The minimum atomic E-state index is -0.659. The molecule has 1 aliphatic rings. The summed E-state index contributed by atoms with van der Waals surface area (Å²) in [7, 11) is 1.91. The van der Waals surface area contributed by atoms with Crippen molar-refractivity contribution in [2.45, 2.75) is 37.8 Å². The van der Waals surface area contributed by atoms with E-state index in [2.05, 4.69) is 10.4 Å². The summed E-state index contributed by atoms with van der Waals surface area (Å²) in [5.41, 5.74) is 0.513. The number of aliphatic hydroxyl groups is 1. The lowest BCUT2D eigenvalue weighted by Gasteiger charge is -2.31. The Hall–Kier alpha value is -0.910. The molecule has 0 aromatic carbocycles. The van der Waals surface area contributed by atoms with E-state index in [9.17, 15) is 5.11 Å². The Morgan fingerprint density at radius 1 is 1.67 bits per heavy atom. The van der Waals surface area contributed by atoms with Crippen LogP contribution in [-0.4, -0.2) is 46.3 Å². The fraction of sp³-hybridized carbons (Fsp3) is 0.769. The highest BCUT2D eigenvalue weighted by Gasteiger charge is 2.26. The third-order valence-electron chi connectivity index (χ3n) is 3.40. The Balaban J connectivity index is 1.79. The highest BCUT2D eigenvalue weighted by atomic mass is 16.5. The molecule has 1 fully saturated rings. The van der Waals surface area contributed by atoms with Crippen molar-refractivity contribution < 1.29 is 9.84 Å². The van der Waals surface area contributed by atoms with E-state index in [-0.39, 0.29) is 6.04 Å². The SMILES string of the molecule is Cn1cc(CCC(C)(O)CC2COCCN2)cn1. The van der Waals surface area contributed by atoms with E-state index in [0.29, 0.717) is 6.61 Å². The second-order valence-electron chi connectivity index (χ2n) is 5.45. The topological polar surface area (TPSA) is 59.3 Å². The van der Waals surface area contributed by atoms with Gasteiger partial charge in [0.1, 0.15) is 0 Å². The van der Waals surface area contributed by atoms with Gasteiger partial charge in [-0.1, -0.05) is 0 Å². The van der Waals surface area contributed by atoms with Crippen molar-refractivity contribution in [1.29, 1.82) is 0 Å². The van der Waals surface area contributed by atoms with E-state index >= 15 is 0 Å². The Morgan fingerprint density at radius 2 is 2.50 bits per heavy atom. The average molecular weight is 253 g/mol. The molecule has 0 bridgehead atoms. The maximum absolute atomic E-state index is 10.4. The minimum absolute atomic E-state index is 0.266. The van der Waals surface area contributed by atoms with Crippen LogP contribution in [0.5, 0.6) is 0 Å². The van der Waals surface area contributed by atoms with Gasteiger partial charge >= 0.3 is 0 Å². The van der Waals surface area contributed by atoms with E-state index in [1.165, 1.54) is 5.56 Å². The van der Waals surface area contributed by atoms with Crippen LogP contribution in [0.2, 0.25) is 0 Å². The highest BCUT2D eigenvalue weighted by molar-refractivity contribution is 5.04. The van der Waals surface area contributed by atoms with Crippen molar-refractivity contribution >= 4 is 0 Å². The first kappa shape index (κ1) is 13.5. The largest absolute Gasteiger partial charge is 0.390 e. The lowest BCUT2D eigenvalue weighted by Crippen LogP contribution is -2.46. The molecule has 2 rings (SSSR count). The van der Waals surface area contributed by atoms with Crippen molar-refractivity contribution in [2.75, 3.05) is 19.8 Å². The standard InChI is InChI=1S/C13H23N3O2/c1-13(17,7-12-10-18-6-5-14-12)4-3-11-8-15-16(2)9-11/h8-9,12,14,17H,3-7,10H2,1-2H3. The van der Waals surface area contributed by atoms with E-state index in [1.54, 1.807) is 4.68 Å². The van der Waals surface area contributed by atoms with E-state index in [0.717, 1.165) is 32.4 Å². The number of nitrogens with one attached hydrogen (secondary N) is 1. The highest BCUT2D eigenvalue weighted by Crippen LogP contribution is 2.20. The monoisotopic (exact) mass is 253 g/mol. The third-order valence-corrected chi connectivity index (χ3v) is 3.40. The first-order valence-electron chi connectivity index (χ1n) is 6.56. The van der Waals surface area contributed by atoms with Crippen LogP contribution in [0, 0.1) is 0 Å². The van der Waals surface area contributed by atoms with E-state index < -0.39 is 5.60 Å². The molecular formula is C13H23N3O2. The van der Waals surface area contributed by atoms with Gasteiger partial charge in [-0.2, -0.15) is 5.10 Å². The van der Waals surface area contributed by atoms with Crippen molar-refractivity contribution in [3.05, 3.63) is 18.0 Å². The van der Waals surface area contributed by atoms with Gasteiger partial charge in [0.25, 0.3) is 0 Å². The summed E-state index contributed by atoms with van der Waals surface area (Å²) >= 11 is 0. The molecule has 2 heterocycles. The number of hydrogen-bond donors (Lipinski definition) is 2. The number of ether oxygens (including phenoxy) is 1. The predicted octanol–water partition coefficient (Wildman–Crippen LogP) is 0.482. The van der Waals surface area contributed by atoms with Crippen LogP contribution in [0.1, 0.15) is 25.3 Å². The van der Waals surface area contributed by atoms with Crippen LogP contribution >= 0.6 is 0 Å². The van der Waals surface area contributed by atoms with Crippen LogP contribution in [0.4, 0.5) is 0 Å². The second kappa shape index (κ2) is 5.82. The number of rotatable bonds is 5. The Morgan fingerprint density at radius 3 is 3.11 bits per heavy atom. The molecular weight excluding hydrogens is 230 g/mol. The molecule has 2 unspecified atom stereocenters. The van der Waals surface area contributed by atoms with Gasteiger partial charge in [0.2, 0.25) is 0 Å². The van der Waals surface area contributed by atoms with E-state index in [1.807, 2.05) is 26.4 Å². The van der Waals surface area contributed by atoms with Crippen LogP contribution in [0.15, 0.2) is 12.4 Å². The average Bonchev–Trinajstić information content (AvgIpc) is 2.74. The predicted molar refractivity (Wildman–Crippen MR) is 69.4 cm³/mol. The molecule has 1 aromatic rings. The summed E-state index contributed by atoms with van der Waals surface area (Å²) in [6.45, 7) is 4.25. The Labute approximate surface area is 108 Å². The molecule has 1 saturated heterocycles. The Bertz CT molecular complexity index is 370. The molecule has 2 atom stereocenters. The normalized spacial score (nSPS) is 23.8. The van der Waals surface area contributed by atoms with Crippen molar-refractivity contribution in [3.63, 3.8) is 0 Å². The molecule has 1 aliphatic heterocycles. The first-order valence-corrected chi connectivity index (χ1v) is 6.56. The quantitative estimate of drug-likeness (QED) is 0.801. The minimum Gasteiger partial charge on any atom is -0.390 e. The van der Waals surface area contributed by atoms with Gasteiger partial charge in [0.15, 0.2) is 0 Å². The van der Waals surface area contributed by atoms with Crippen LogP contribution < -0.4 is 5.32 Å². The number of aryl methyl sites for hydroxylation is 2. The van der Waals surface area contributed by atoms with Crippen LogP contribution in [0.3, 0.4) is 0 Å². The number of morpholine rings is 1. The Kier molecular flexibility index (Phi) is 4.37. The molecule has 0 amide bonds. The van der Waals surface area contributed by atoms with Gasteiger partial charge in [-0.05, 0) is 31.7 Å². The van der Waals surface area contributed by atoms with Crippen LogP contribution in [0.25, 0.3) is 0 Å². The van der Waals surface area contributed by atoms with Gasteiger partial charge in [-0.15, -0.1) is 0 Å². The molecule has 1 aromatic heterocycles. The van der Waals surface area contributed by atoms with Crippen LogP contribution in [-0.2, 0) is 18.2 Å². The van der Waals surface area contributed by atoms with Gasteiger partial charge in [0.05, 0.1) is 25.0 Å². The summed E-state index contributed by atoms with van der Waals surface area (Å²) < 4.78 is 7.20. The molecule has 5 nitrogen and oxygen atoms in total. The second-order valence-corrected chi connectivity index (χ2v) is 5.45. The molecule has 2 N–H and O–H groups in total. The summed E-state index contributed by atoms with van der Waals surface area (Å²) in [5, 5.41) is 17.9. The lowest BCUT2D eigenvalue weighted by molar-refractivity contribution is 0.00119. The summed E-state index contributed by atoms with van der Waals surface area (Å²) in [6.07, 6.45) is 6.19. The van der Waals surface area contributed by atoms with Gasteiger partial charge in [0, 0.05) is 25.8 Å². The molecule has 0 radical (unpaired) electrons. The van der Waals surface area contributed by atoms with Gasteiger partial charge in [-0.3, -0.25) is 4.68 Å². The molecule has 102 valence electrons. The van der Waals surface area contributed by atoms with Crippen molar-refractivity contribution in [1.82, 2.24) is 15.1 Å². The molecule has 0 saturated carbocycles. The fourth-order valence-electron chi connectivity index (χ4n) is 2.40. The smallest absolute Gasteiger partial charge is 0.0638 e. The lowest BCUT2D eigenvalue weighted by atomic mass is 9.90. The maximum Gasteiger partial charge on any atom is 0.0638 e. The van der Waals surface area contributed by atoms with Crippen molar-refractivity contribution in [2.24, 2.45) is 7.05 Å². The molecule has 0 spiro atoms. The summed E-state index contributed by atoms with van der Waals surface area (Å²) in [6, 6.07) is 0.266. The molecule has 18 heavy (non-hydrogen) atoms. The first-order chi connectivity index (χ1) is 8.55. The van der Waals surface area contributed by atoms with Gasteiger partial charge < -0.3 is 15.2 Å². The van der Waals surface area contributed by atoms with Gasteiger partial charge in [-0.25, -0.2) is 0 Å². The zero-order chi connectivity index (χ0) is 13.0. The number of aromatic nitrogens is 2. The van der Waals surface area contributed by atoms with E-state index in [4.69, 9.17) is 4.74 Å².